The lowest BCUT2D eigenvalue weighted by Gasteiger charge is -2.27. The van der Waals surface area contributed by atoms with Crippen LogP contribution in [0.25, 0.3) is 0 Å². The minimum Gasteiger partial charge on any atom is -0.370 e. The van der Waals surface area contributed by atoms with Crippen LogP contribution in [0.4, 0.5) is 17.3 Å². The van der Waals surface area contributed by atoms with Gasteiger partial charge in [0.1, 0.15) is 5.82 Å². The molecule has 20 heavy (non-hydrogen) atoms. The molecule has 1 heterocycles. The van der Waals surface area contributed by atoms with Crippen LogP contribution in [0.5, 0.6) is 0 Å². The Morgan fingerprint density at radius 1 is 1.35 bits per heavy atom. The highest BCUT2D eigenvalue weighted by atomic mass is 16.6. The molecule has 0 aliphatic rings. The zero-order valence-electron chi connectivity index (χ0n) is 12.9. The lowest BCUT2D eigenvalue weighted by Crippen LogP contribution is -2.25. The molecule has 112 valence electrons. The maximum Gasteiger partial charge on any atom is 0.311 e. The molecule has 0 bridgehead atoms. The van der Waals surface area contributed by atoms with E-state index in [0.29, 0.717) is 24.1 Å². The Balaban J connectivity index is 2.90. The van der Waals surface area contributed by atoms with Crippen molar-refractivity contribution in [1.29, 1.82) is 0 Å². The summed E-state index contributed by atoms with van der Waals surface area (Å²) in [6.45, 7) is 11.9. The van der Waals surface area contributed by atoms with Gasteiger partial charge in [-0.15, -0.1) is 0 Å². The van der Waals surface area contributed by atoms with E-state index >= 15 is 0 Å². The minimum absolute atomic E-state index is 0.00719. The summed E-state index contributed by atoms with van der Waals surface area (Å²) < 4.78 is 0. The Hall–Kier alpha value is -1.85. The van der Waals surface area contributed by atoms with E-state index < -0.39 is 4.92 Å². The van der Waals surface area contributed by atoms with E-state index in [1.54, 1.807) is 6.07 Å². The fraction of sp³-hybridized carbons (Fsp3) is 0.643. The standard InChI is InChI=1S/C14H24N4O2/c1-6-15-12-8-7-11(18(19)20)13(17-12)16-9-10(2)14(3,4)5/h7-8,10H,6,9H2,1-5H3,(H2,15,16,17). The van der Waals surface area contributed by atoms with Crippen molar-refractivity contribution in [2.45, 2.75) is 34.6 Å². The lowest BCUT2D eigenvalue weighted by atomic mass is 9.82. The largest absolute Gasteiger partial charge is 0.370 e. The van der Waals surface area contributed by atoms with E-state index in [1.165, 1.54) is 6.07 Å². The second-order valence-corrected chi connectivity index (χ2v) is 6.00. The van der Waals surface area contributed by atoms with Gasteiger partial charge in [0.2, 0.25) is 5.82 Å². The molecule has 0 saturated carbocycles. The highest BCUT2D eigenvalue weighted by Gasteiger charge is 2.22. The summed E-state index contributed by atoms with van der Waals surface area (Å²) in [6.07, 6.45) is 0. The molecule has 1 aromatic heterocycles. The predicted molar refractivity (Wildman–Crippen MR) is 82.2 cm³/mol. The number of rotatable bonds is 6. The van der Waals surface area contributed by atoms with Gasteiger partial charge in [0.15, 0.2) is 0 Å². The summed E-state index contributed by atoms with van der Waals surface area (Å²) in [7, 11) is 0. The second kappa shape index (κ2) is 6.54. The van der Waals surface area contributed by atoms with Crippen molar-refractivity contribution in [2.24, 2.45) is 11.3 Å². The van der Waals surface area contributed by atoms with Crippen LogP contribution in [0.2, 0.25) is 0 Å². The first-order valence-corrected chi connectivity index (χ1v) is 6.89. The van der Waals surface area contributed by atoms with E-state index in [2.05, 4.69) is 43.3 Å². The molecule has 0 aromatic carbocycles. The van der Waals surface area contributed by atoms with Gasteiger partial charge in [-0.2, -0.15) is 0 Å². The average Bonchev–Trinajstić information content (AvgIpc) is 2.35. The van der Waals surface area contributed by atoms with Gasteiger partial charge < -0.3 is 10.6 Å². The van der Waals surface area contributed by atoms with Gasteiger partial charge in [-0.25, -0.2) is 4.98 Å². The zero-order valence-corrected chi connectivity index (χ0v) is 12.9. The van der Waals surface area contributed by atoms with Crippen LogP contribution in [0.1, 0.15) is 34.6 Å². The average molecular weight is 280 g/mol. The van der Waals surface area contributed by atoms with Crippen LogP contribution in [0.3, 0.4) is 0 Å². The highest BCUT2D eigenvalue weighted by molar-refractivity contribution is 5.60. The van der Waals surface area contributed by atoms with Crippen LogP contribution in [-0.4, -0.2) is 23.0 Å². The van der Waals surface area contributed by atoms with E-state index in [0.717, 1.165) is 6.54 Å². The van der Waals surface area contributed by atoms with Gasteiger partial charge in [0.25, 0.3) is 0 Å². The van der Waals surface area contributed by atoms with Crippen LogP contribution in [0, 0.1) is 21.4 Å². The summed E-state index contributed by atoms with van der Waals surface area (Å²) >= 11 is 0. The number of aromatic nitrogens is 1. The molecule has 0 saturated heterocycles. The summed E-state index contributed by atoms with van der Waals surface area (Å²) in [6, 6.07) is 3.11. The molecule has 0 radical (unpaired) electrons. The lowest BCUT2D eigenvalue weighted by molar-refractivity contribution is -0.384. The number of anilines is 2. The van der Waals surface area contributed by atoms with E-state index in [-0.39, 0.29) is 11.1 Å². The van der Waals surface area contributed by atoms with Gasteiger partial charge in [-0.05, 0) is 24.3 Å². The maximum absolute atomic E-state index is 11.0. The molecule has 0 spiro atoms. The number of nitrogens with zero attached hydrogens (tertiary/aromatic N) is 2. The SMILES string of the molecule is CCNc1ccc([N+](=O)[O-])c(NCC(C)C(C)(C)C)n1. The van der Waals surface area contributed by atoms with Crippen molar-refractivity contribution in [3.63, 3.8) is 0 Å². The molecule has 0 aliphatic heterocycles. The third-order valence-corrected chi connectivity index (χ3v) is 3.48. The first-order chi connectivity index (χ1) is 9.25. The molecule has 1 unspecified atom stereocenters. The van der Waals surface area contributed by atoms with Crippen LogP contribution in [0.15, 0.2) is 12.1 Å². The second-order valence-electron chi connectivity index (χ2n) is 6.00. The fourth-order valence-electron chi connectivity index (χ4n) is 1.56. The van der Waals surface area contributed by atoms with Crippen LogP contribution >= 0.6 is 0 Å². The van der Waals surface area contributed by atoms with Crippen molar-refractivity contribution in [2.75, 3.05) is 23.7 Å². The number of pyridine rings is 1. The van der Waals surface area contributed by atoms with E-state index in [4.69, 9.17) is 0 Å². The smallest absolute Gasteiger partial charge is 0.311 e. The Kier molecular flexibility index (Phi) is 5.30. The third kappa shape index (κ3) is 4.36. The monoisotopic (exact) mass is 280 g/mol. The number of hydrogen-bond acceptors (Lipinski definition) is 5. The molecule has 0 aliphatic carbocycles. The molecular weight excluding hydrogens is 256 g/mol. The molecule has 1 aromatic rings. The third-order valence-electron chi connectivity index (χ3n) is 3.48. The predicted octanol–water partition coefficient (Wildman–Crippen LogP) is 3.52. The molecule has 6 heteroatoms. The molecule has 0 fully saturated rings. The van der Waals surface area contributed by atoms with E-state index in [9.17, 15) is 10.1 Å². The first-order valence-electron chi connectivity index (χ1n) is 6.89. The molecule has 6 nitrogen and oxygen atoms in total. The zero-order chi connectivity index (χ0) is 15.3. The Bertz CT molecular complexity index is 469. The summed E-state index contributed by atoms with van der Waals surface area (Å²) in [5.41, 5.74) is 0.147. The van der Waals surface area contributed by atoms with Gasteiger partial charge in [-0.1, -0.05) is 27.7 Å². The molecular formula is C14H24N4O2. The highest BCUT2D eigenvalue weighted by Crippen LogP contribution is 2.28. The minimum atomic E-state index is -0.410. The van der Waals surface area contributed by atoms with Crippen molar-refractivity contribution < 1.29 is 4.92 Å². The van der Waals surface area contributed by atoms with Crippen LogP contribution in [-0.2, 0) is 0 Å². The fourth-order valence-corrected chi connectivity index (χ4v) is 1.56. The molecule has 1 rings (SSSR count). The number of nitrogens with one attached hydrogen (secondary N) is 2. The number of hydrogen-bond donors (Lipinski definition) is 2. The topological polar surface area (TPSA) is 80.1 Å². The van der Waals surface area contributed by atoms with Gasteiger partial charge in [-0.3, -0.25) is 10.1 Å². The van der Waals surface area contributed by atoms with Crippen molar-refractivity contribution in [1.82, 2.24) is 4.98 Å². The summed E-state index contributed by atoms with van der Waals surface area (Å²) in [5, 5.41) is 17.2. The Labute approximate surface area is 120 Å². The van der Waals surface area contributed by atoms with Gasteiger partial charge in [0.05, 0.1) is 4.92 Å². The summed E-state index contributed by atoms with van der Waals surface area (Å²) in [5.74, 6) is 1.33. The quantitative estimate of drug-likeness (QED) is 0.615. The van der Waals surface area contributed by atoms with E-state index in [1.807, 2.05) is 6.92 Å². The molecule has 2 N–H and O–H groups in total. The summed E-state index contributed by atoms with van der Waals surface area (Å²) in [4.78, 5) is 14.9. The molecule has 1 atom stereocenters. The van der Waals surface area contributed by atoms with Gasteiger partial charge >= 0.3 is 5.69 Å². The molecule has 0 amide bonds. The van der Waals surface area contributed by atoms with Crippen molar-refractivity contribution >= 4 is 17.3 Å². The Morgan fingerprint density at radius 3 is 2.50 bits per heavy atom. The van der Waals surface area contributed by atoms with Crippen molar-refractivity contribution in [3.8, 4) is 0 Å². The maximum atomic E-state index is 11.0. The number of nitro groups is 1. The van der Waals surface area contributed by atoms with Crippen LogP contribution < -0.4 is 10.6 Å². The first kappa shape index (κ1) is 16.2. The van der Waals surface area contributed by atoms with Gasteiger partial charge in [0, 0.05) is 19.2 Å². The normalized spacial score (nSPS) is 12.8. The Morgan fingerprint density at radius 2 is 2.00 bits per heavy atom. The van der Waals surface area contributed by atoms with Crippen molar-refractivity contribution in [3.05, 3.63) is 22.2 Å².